The van der Waals surface area contributed by atoms with Gasteiger partial charge in [0.2, 0.25) is 0 Å². The molecular weight excluding hydrogens is 635 g/mol. The Kier molecular flexibility index (Phi) is 6.77. The molecule has 1 aromatic heterocycles. The fourth-order valence-corrected chi connectivity index (χ4v) is 4.78. The van der Waals surface area contributed by atoms with Crippen LogP contribution in [-0.4, -0.2) is 15.0 Å². The van der Waals surface area contributed by atoms with Gasteiger partial charge in [0.05, 0.1) is 22.6 Å². The van der Waals surface area contributed by atoms with E-state index in [2.05, 4.69) is 49.8 Å². The lowest BCUT2D eigenvalue weighted by atomic mass is 10.2. The van der Waals surface area contributed by atoms with Gasteiger partial charge in [0.1, 0.15) is 51.0 Å². The lowest BCUT2D eigenvalue weighted by Gasteiger charge is -2.07. The first-order chi connectivity index (χ1) is 23.1. The van der Waals surface area contributed by atoms with Gasteiger partial charge in [-0.3, -0.25) is 0 Å². The zero-order valence-electron chi connectivity index (χ0n) is 23.7. The SMILES string of the molecule is [C-]#[N+]/C(=C1\N=c2cc(F)cc(F)c2=N1)c1nc(/C(C#N)=C2/N=c3cc(C)cc(F)c3=N2)nc(/C(C#N)=C2/N=c3cc(F)cc(F)c3=N2)n1. The van der Waals surface area contributed by atoms with E-state index in [4.69, 9.17) is 6.57 Å². The van der Waals surface area contributed by atoms with Crippen molar-refractivity contribution in [1.82, 2.24) is 15.0 Å². The fourth-order valence-electron chi connectivity index (χ4n) is 4.78. The predicted molar refractivity (Wildman–Crippen MR) is 149 cm³/mol. The Hall–Kier alpha value is -7.19. The number of allylic oxidation sites excluding steroid dienone is 2. The summed E-state index contributed by atoms with van der Waals surface area (Å²) in [5.41, 5.74) is -0.980. The van der Waals surface area contributed by atoms with Crippen molar-refractivity contribution in [1.29, 1.82) is 10.5 Å². The lowest BCUT2D eigenvalue weighted by molar-refractivity contribution is 0.570. The van der Waals surface area contributed by atoms with Gasteiger partial charge in [0, 0.05) is 24.3 Å². The second-order valence-corrected chi connectivity index (χ2v) is 10.0. The first kappa shape index (κ1) is 29.5. The summed E-state index contributed by atoms with van der Waals surface area (Å²) in [5.74, 6) is -7.54. The van der Waals surface area contributed by atoms with E-state index in [9.17, 15) is 32.5 Å². The molecule has 4 heterocycles. The predicted octanol–water partition coefficient (Wildman–Crippen LogP) is 1.66. The monoisotopic (exact) mass is 644 g/mol. The Balaban J connectivity index is 1.52. The molecule has 0 spiro atoms. The normalized spacial score (nSPS) is 16.6. The van der Waals surface area contributed by atoms with Crippen molar-refractivity contribution in [2.75, 3.05) is 0 Å². The Morgan fingerprint density at radius 1 is 0.583 bits per heavy atom. The highest BCUT2D eigenvalue weighted by Gasteiger charge is 2.26. The largest absolute Gasteiger partial charge is 0.274 e. The number of nitriles is 2. The Morgan fingerprint density at radius 3 is 1.48 bits per heavy atom. The molecule has 0 saturated heterocycles. The number of nitrogens with zero attached hydrogens (tertiary/aromatic N) is 12. The molecule has 228 valence electrons. The van der Waals surface area contributed by atoms with Gasteiger partial charge in [-0.15, -0.1) is 0 Å². The van der Waals surface area contributed by atoms with E-state index in [0.717, 1.165) is 12.1 Å². The average Bonchev–Trinajstić information content (AvgIpc) is 3.76. The highest BCUT2D eigenvalue weighted by Crippen LogP contribution is 2.26. The maximum atomic E-state index is 14.7. The molecule has 3 aliphatic rings. The van der Waals surface area contributed by atoms with Crippen LogP contribution in [0.25, 0.3) is 21.7 Å². The number of fused-ring (bicyclic) bond motifs is 3. The molecule has 7 rings (SSSR count). The van der Waals surface area contributed by atoms with E-state index in [1.165, 1.54) is 12.1 Å². The maximum Gasteiger partial charge on any atom is 0.274 e. The van der Waals surface area contributed by atoms with Crippen LogP contribution in [0.3, 0.4) is 0 Å². The molecule has 0 aliphatic carbocycles. The standard InChI is InChI=1S/C31H9F5N12/c1-11-3-16(34)22-19(4-11)40-26(43-22)14(9-37)28-46-29(15(10-38)27-41-20-7-12(32)5-17(35)23(20)44-27)48-31(47-28)25(39-2)30-42-21-8-13(33)6-18(36)24(21)45-30/h3-8H,1H3/b26-14-,27-15-,30-25+. The van der Waals surface area contributed by atoms with E-state index in [-0.39, 0.29) is 38.0 Å². The molecule has 0 unspecified atom stereocenters. The number of hydrogen-bond donors (Lipinski definition) is 0. The van der Waals surface area contributed by atoms with Gasteiger partial charge in [0.25, 0.3) is 5.70 Å². The van der Waals surface area contributed by atoms with Crippen LogP contribution in [0.4, 0.5) is 22.0 Å². The van der Waals surface area contributed by atoms with E-state index < -0.39 is 75.0 Å². The second-order valence-electron chi connectivity index (χ2n) is 10.0. The van der Waals surface area contributed by atoms with Crippen molar-refractivity contribution in [3.8, 4) is 12.1 Å². The van der Waals surface area contributed by atoms with Gasteiger partial charge in [-0.2, -0.15) is 10.5 Å². The number of rotatable bonds is 3. The molecular formula is C31H9F5N12. The van der Waals surface area contributed by atoms with Crippen molar-refractivity contribution in [2.45, 2.75) is 6.92 Å². The Bertz CT molecular complexity index is 2520. The number of aromatic nitrogens is 3. The molecule has 0 fully saturated rings. The number of aryl methyl sites for hydroxylation is 1. The van der Waals surface area contributed by atoms with Crippen LogP contribution in [0.15, 0.2) is 83.8 Å². The first-order valence-electron chi connectivity index (χ1n) is 13.3. The van der Waals surface area contributed by atoms with Crippen LogP contribution in [0, 0.1) is 65.2 Å². The number of benzene rings is 3. The van der Waals surface area contributed by atoms with Crippen LogP contribution in [0.5, 0.6) is 0 Å². The van der Waals surface area contributed by atoms with E-state index >= 15 is 0 Å². The summed E-state index contributed by atoms with van der Waals surface area (Å²) in [6, 6.07) is 9.30. The third-order valence-corrected chi connectivity index (χ3v) is 6.82. The summed E-state index contributed by atoms with van der Waals surface area (Å²) in [6.45, 7) is 9.47. The summed E-state index contributed by atoms with van der Waals surface area (Å²) in [4.78, 5) is 40.3. The molecule has 0 bridgehead atoms. The van der Waals surface area contributed by atoms with Crippen molar-refractivity contribution < 1.29 is 22.0 Å². The smallest absolute Gasteiger partial charge is 0.238 e. The van der Waals surface area contributed by atoms with E-state index in [1.807, 2.05) is 6.07 Å². The highest BCUT2D eigenvalue weighted by atomic mass is 19.1. The van der Waals surface area contributed by atoms with Crippen molar-refractivity contribution in [2.24, 2.45) is 30.0 Å². The number of hydrogen-bond acceptors (Lipinski definition) is 11. The van der Waals surface area contributed by atoms with E-state index in [1.54, 1.807) is 13.0 Å². The zero-order valence-corrected chi connectivity index (χ0v) is 23.7. The second kappa shape index (κ2) is 11.0. The first-order valence-corrected chi connectivity index (χ1v) is 13.3. The summed E-state index contributed by atoms with van der Waals surface area (Å²) in [6.07, 6.45) is 0. The van der Waals surface area contributed by atoms with Gasteiger partial charge in [-0.1, -0.05) is 0 Å². The van der Waals surface area contributed by atoms with Crippen molar-refractivity contribution in [3.63, 3.8) is 0 Å². The van der Waals surface area contributed by atoms with Crippen molar-refractivity contribution in [3.05, 3.63) is 150 Å². The highest BCUT2D eigenvalue weighted by molar-refractivity contribution is 5.80. The minimum absolute atomic E-state index is 0.111. The van der Waals surface area contributed by atoms with Gasteiger partial charge >= 0.3 is 0 Å². The minimum Gasteiger partial charge on any atom is -0.238 e. The molecule has 0 N–H and O–H groups in total. The summed E-state index contributed by atoms with van der Waals surface area (Å²) < 4.78 is 71.4. The summed E-state index contributed by atoms with van der Waals surface area (Å²) in [5, 5.41) is 19.1. The zero-order chi connectivity index (χ0) is 33.9. The quantitative estimate of drug-likeness (QED) is 0.188. The van der Waals surface area contributed by atoms with Crippen molar-refractivity contribution >= 4 is 16.8 Å². The molecule has 17 heteroatoms. The summed E-state index contributed by atoms with van der Waals surface area (Å²) in [7, 11) is 0. The molecule has 3 aliphatic heterocycles. The van der Waals surface area contributed by atoms with Gasteiger partial charge < -0.3 is 0 Å². The van der Waals surface area contributed by atoms with Gasteiger partial charge in [0.15, 0.2) is 52.4 Å². The molecule has 4 aromatic rings. The molecule has 0 atom stereocenters. The van der Waals surface area contributed by atoms with Crippen LogP contribution >= 0.6 is 0 Å². The summed E-state index contributed by atoms with van der Waals surface area (Å²) >= 11 is 0. The van der Waals surface area contributed by atoms with Crippen LogP contribution in [-0.2, 0) is 0 Å². The van der Waals surface area contributed by atoms with Gasteiger partial charge in [-0.25, -0.2) is 71.7 Å². The Morgan fingerprint density at radius 2 is 1.00 bits per heavy atom. The molecule has 0 radical (unpaired) electrons. The number of halogens is 5. The average molecular weight is 644 g/mol. The third-order valence-electron chi connectivity index (χ3n) is 6.82. The molecule has 0 saturated carbocycles. The molecule has 0 amide bonds. The lowest BCUT2D eigenvalue weighted by Crippen LogP contribution is -2.25. The van der Waals surface area contributed by atoms with E-state index in [0.29, 0.717) is 17.7 Å². The topological polar surface area (TPSA) is 165 Å². The molecule has 48 heavy (non-hydrogen) atoms. The maximum absolute atomic E-state index is 14.7. The van der Waals surface area contributed by atoms with Crippen LogP contribution < -0.4 is 32.1 Å². The van der Waals surface area contributed by atoms with Gasteiger partial charge in [-0.05, 0) is 24.6 Å². The minimum atomic E-state index is -1.06. The fraction of sp³-hybridized carbons (Fsp3) is 0.0323. The molecule has 3 aromatic carbocycles. The van der Waals surface area contributed by atoms with Crippen LogP contribution in [0.2, 0.25) is 0 Å². The Labute approximate surface area is 262 Å². The van der Waals surface area contributed by atoms with Crippen LogP contribution in [0.1, 0.15) is 23.0 Å². The third kappa shape index (κ3) is 4.86. The molecule has 12 nitrogen and oxygen atoms in total.